The monoisotopic (exact) mass is 333 g/mol. The molecule has 1 atom stereocenters. The third-order valence-corrected chi connectivity index (χ3v) is 4.48. The van der Waals surface area contributed by atoms with Gasteiger partial charge in [0.25, 0.3) is 5.91 Å². The summed E-state index contributed by atoms with van der Waals surface area (Å²) in [5, 5.41) is 2.85. The molecule has 1 heterocycles. The van der Waals surface area contributed by atoms with Gasteiger partial charge in [0.2, 0.25) is 0 Å². The van der Waals surface area contributed by atoms with Crippen LogP contribution in [0.1, 0.15) is 40.5 Å². The van der Waals surface area contributed by atoms with E-state index in [-0.39, 0.29) is 16.8 Å². The molecule has 0 spiro atoms. The molecule has 0 aliphatic heterocycles. The molecule has 23 heavy (non-hydrogen) atoms. The Morgan fingerprint density at radius 1 is 1.13 bits per heavy atom. The maximum absolute atomic E-state index is 12.3. The second-order valence-electron chi connectivity index (χ2n) is 5.48. The molecule has 1 unspecified atom stereocenters. The van der Waals surface area contributed by atoms with Gasteiger partial charge in [-0.2, -0.15) is 0 Å². The SMILES string of the molecule is Cc1cc(C(=O)NC(C)c2ccc(S(C)(=O)=O)cc2)nc(C)n1. The summed E-state index contributed by atoms with van der Waals surface area (Å²) in [7, 11) is -3.23. The van der Waals surface area contributed by atoms with Gasteiger partial charge in [0, 0.05) is 11.9 Å². The lowest BCUT2D eigenvalue weighted by Gasteiger charge is -2.14. The second kappa shape index (κ2) is 6.45. The number of hydrogen-bond acceptors (Lipinski definition) is 5. The normalized spacial score (nSPS) is 12.7. The fourth-order valence-corrected chi connectivity index (χ4v) is 2.82. The van der Waals surface area contributed by atoms with E-state index in [1.165, 1.54) is 12.1 Å². The summed E-state index contributed by atoms with van der Waals surface area (Å²) in [5.74, 6) is 0.249. The molecule has 0 saturated heterocycles. The van der Waals surface area contributed by atoms with Crippen LogP contribution in [0.2, 0.25) is 0 Å². The molecule has 1 aromatic carbocycles. The molecule has 0 aliphatic rings. The Labute approximate surface area is 135 Å². The molecule has 1 aromatic heterocycles. The Hall–Kier alpha value is -2.28. The topological polar surface area (TPSA) is 89.0 Å². The van der Waals surface area contributed by atoms with Gasteiger partial charge in [0.1, 0.15) is 11.5 Å². The van der Waals surface area contributed by atoms with Crippen LogP contribution in [-0.2, 0) is 9.84 Å². The van der Waals surface area contributed by atoms with E-state index in [1.54, 1.807) is 32.0 Å². The standard InChI is InChI=1S/C16H19N3O3S/c1-10-9-15(19-12(3)17-10)16(20)18-11(2)13-5-7-14(8-6-13)23(4,21)22/h5-9,11H,1-4H3,(H,18,20). The van der Waals surface area contributed by atoms with Crippen molar-refractivity contribution in [1.29, 1.82) is 0 Å². The highest BCUT2D eigenvalue weighted by molar-refractivity contribution is 7.90. The number of carbonyl (C=O) groups is 1. The van der Waals surface area contributed by atoms with Gasteiger partial charge in [0.15, 0.2) is 9.84 Å². The number of nitrogens with zero attached hydrogens (tertiary/aromatic N) is 2. The Morgan fingerprint density at radius 3 is 2.26 bits per heavy atom. The van der Waals surface area contributed by atoms with E-state index in [0.717, 1.165) is 17.5 Å². The molecule has 6 nitrogen and oxygen atoms in total. The second-order valence-corrected chi connectivity index (χ2v) is 7.49. The Morgan fingerprint density at radius 2 is 1.74 bits per heavy atom. The highest BCUT2D eigenvalue weighted by Gasteiger charge is 2.14. The molecule has 0 bridgehead atoms. The average Bonchev–Trinajstić information content (AvgIpc) is 2.45. The van der Waals surface area contributed by atoms with Crippen molar-refractivity contribution in [2.24, 2.45) is 0 Å². The predicted molar refractivity (Wildman–Crippen MR) is 86.9 cm³/mol. The highest BCUT2D eigenvalue weighted by Crippen LogP contribution is 2.16. The summed E-state index contributed by atoms with van der Waals surface area (Å²) in [5.41, 5.74) is 1.86. The van der Waals surface area contributed by atoms with Crippen molar-refractivity contribution in [3.8, 4) is 0 Å². The van der Waals surface area contributed by atoms with Gasteiger partial charge in [-0.05, 0) is 44.5 Å². The van der Waals surface area contributed by atoms with Crippen molar-refractivity contribution in [2.75, 3.05) is 6.26 Å². The number of sulfone groups is 1. The van der Waals surface area contributed by atoms with Gasteiger partial charge in [-0.1, -0.05) is 12.1 Å². The van der Waals surface area contributed by atoms with E-state index in [2.05, 4.69) is 15.3 Å². The summed E-state index contributed by atoms with van der Waals surface area (Å²) in [6.45, 7) is 5.37. The van der Waals surface area contributed by atoms with E-state index >= 15 is 0 Å². The van der Waals surface area contributed by atoms with Crippen LogP contribution in [0.3, 0.4) is 0 Å². The average molecular weight is 333 g/mol. The number of nitrogens with one attached hydrogen (secondary N) is 1. The highest BCUT2D eigenvalue weighted by atomic mass is 32.2. The fraction of sp³-hybridized carbons (Fsp3) is 0.312. The fourth-order valence-electron chi connectivity index (χ4n) is 2.19. The Balaban J connectivity index is 2.15. The summed E-state index contributed by atoms with van der Waals surface area (Å²) in [6, 6.07) is 7.81. The first-order chi connectivity index (χ1) is 10.7. The van der Waals surface area contributed by atoms with Gasteiger partial charge in [-0.25, -0.2) is 18.4 Å². The van der Waals surface area contributed by atoms with Crippen LogP contribution in [0.4, 0.5) is 0 Å². The first-order valence-corrected chi connectivity index (χ1v) is 8.99. The minimum absolute atomic E-state index is 0.252. The summed E-state index contributed by atoms with van der Waals surface area (Å²) in [4.78, 5) is 20.8. The van der Waals surface area contributed by atoms with Crippen molar-refractivity contribution in [3.05, 3.63) is 53.1 Å². The molecule has 1 N–H and O–H groups in total. The quantitative estimate of drug-likeness (QED) is 0.924. The lowest BCUT2D eigenvalue weighted by Crippen LogP contribution is -2.27. The van der Waals surface area contributed by atoms with E-state index < -0.39 is 9.84 Å². The Bertz CT molecular complexity index is 810. The van der Waals surface area contributed by atoms with Gasteiger partial charge in [-0.3, -0.25) is 4.79 Å². The van der Waals surface area contributed by atoms with Crippen LogP contribution < -0.4 is 5.32 Å². The molecule has 0 aliphatic carbocycles. The molecule has 2 aromatic rings. The van der Waals surface area contributed by atoms with E-state index in [1.807, 2.05) is 6.92 Å². The minimum atomic E-state index is -3.23. The number of rotatable bonds is 4. The molecule has 0 saturated carbocycles. The van der Waals surface area contributed by atoms with Gasteiger partial charge in [-0.15, -0.1) is 0 Å². The maximum Gasteiger partial charge on any atom is 0.270 e. The van der Waals surface area contributed by atoms with Crippen molar-refractivity contribution in [3.63, 3.8) is 0 Å². The third-order valence-electron chi connectivity index (χ3n) is 3.35. The van der Waals surface area contributed by atoms with Gasteiger partial charge < -0.3 is 5.32 Å². The predicted octanol–water partition coefficient (Wildman–Crippen LogP) is 1.99. The minimum Gasteiger partial charge on any atom is -0.344 e. The van der Waals surface area contributed by atoms with Crippen molar-refractivity contribution in [1.82, 2.24) is 15.3 Å². The first kappa shape index (κ1) is 17.1. The van der Waals surface area contributed by atoms with Crippen molar-refractivity contribution >= 4 is 15.7 Å². The lowest BCUT2D eigenvalue weighted by molar-refractivity contribution is 0.0934. The number of benzene rings is 1. The molecular weight excluding hydrogens is 314 g/mol. The molecule has 1 amide bonds. The van der Waals surface area contributed by atoms with Crippen molar-refractivity contribution in [2.45, 2.75) is 31.7 Å². The molecule has 122 valence electrons. The van der Waals surface area contributed by atoms with E-state index in [0.29, 0.717) is 11.5 Å². The maximum atomic E-state index is 12.3. The summed E-state index contributed by atoms with van der Waals surface area (Å²) < 4.78 is 22.9. The molecule has 0 radical (unpaired) electrons. The number of aromatic nitrogens is 2. The van der Waals surface area contributed by atoms with Crippen LogP contribution in [-0.4, -0.2) is 30.5 Å². The van der Waals surface area contributed by atoms with Crippen molar-refractivity contribution < 1.29 is 13.2 Å². The number of amides is 1. The molecule has 2 rings (SSSR count). The van der Waals surface area contributed by atoms with Gasteiger partial charge in [0.05, 0.1) is 10.9 Å². The molecule has 7 heteroatoms. The number of aryl methyl sites for hydroxylation is 2. The third kappa shape index (κ3) is 4.35. The first-order valence-electron chi connectivity index (χ1n) is 7.10. The van der Waals surface area contributed by atoms with Crippen LogP contribution in [0.15, 0.2) is 35.2 Å². The molecular formula is C16H19N3O3S. The number of hydrogen-bond donors (Lipinski definition) is 1. The van der Waals surface area contributed by atoms with Crippen LogP contribution in [0.25, 0.3) is 0 Å². The lowest BCUT2D eigenvalue weighted by atomic mass is 10.1. The zero-order chi connectivity index (χ0) is 17.2. The largest absolute Gasteiger partial charge is 0.344 e. The summed E-state index contributed by atoms with van der Waals surface area (Å²) >= 11 is 0. The van der Waals surface area contributed by atoms with Gasteiger partial charge >= 0.3 is 0 Å². The molecule has 0 fully saturated rings. The smallest absolute Gasteiger partial charge is 0.270 e. The van der Waals surface area contributed by atoms with Crippen LogP contribution >= 0.6 is 0 Å². The van der Waals surface area contributed by atoms with E-state index in [9.17, 15) is 13.2 Å². The Kier molecular flexibility index (Phi) is 4.79. The zero-order valence-corrected chi connectivity index (χ0v) is 14.3. The zero-order valence-electron chi connectivity index (χ0n) is 13.5. The van der Waals surface area contributed by atoms with Crippen LogP contribution in [0, 0.1) is 13.8 Å². The van der Waals surface area contributed by atoms with E-state index in [4.69, 9.17) is 0 Å². The summed E-state index contributed by atoms with van der Waals surface area (Å²) in [6.07, 6.45) is 1.16. The number of carbonyl (C=O) groups excluding carboxylic acids is 1. The van der Waals surface area contributed by atoms with Crippen LogP contribution in [0.5, 0.6) is 0 Å².